The Morgan fingerprint density at radius 1 is 0.952 bits per heavy atom. The predicted molar refractivity (Wildman–Crippen MR) is 82.0 cm³/mol. The number of aromatic amines is 1. The van der Waals surface area contributed by atoms with Gasteiger partial charge in [-0.05, 0) is 55.3 Å². The van der Waals surface area contributed by atoms with E-state index in [1.54, 1.807) is 0 Å². The minimum absolute atomic E-state index is 0.592. The van der Waals surface area contributed by atoms with E-state index in [-0.39, 0.29) is 0 Å². The Labute approximate surface area is 122 Å². The fourth-order valence-electron chi connectivity index (χ4n) is 2.60. The quantitative estimate of drug-likeness (QED) is 0.740. The third-order valence-electron chi connectivity index (χ3n) is 3.91. The standard InChI is InChI=1S/C17H16N2O2/c1-10-7-13-14(8-11(10)2)19-17(18-13)12-3-4-15-16(9-12)21-6-5-20-15/h3-4,7-9H,5-6H2,1-2H3,(H,18,19). The molecule has 0 aliphatic carbocycles. The number of nitrogens with one attached hydrogen (secondary N) is 1. The summed E-state index contributed by atoms with van der Waals surface area (Å²) < 4.78 is 11.2. The molecule has 106 valence electrons. The lowest BCUT2D eigenvalue weighted by Gasteiger charge is -2.18. The molecule has 0 bridgehead atoms. The Morgan fingerprint density at radius 3 is 2.57 bits per heavy atom. The Bertz CT molecular complexity index is 797. The van der Waals surface area contributed by atoms with Crippen LogP contribution in [0.25, 0.3) is 22.4 Å². The van der Waals surface area contributed by atoms with Crippen molar-refractivity contribution in [3.05, 3.63) is 41.5 Å². The summed E-state index contributed by atoms with van der Waals surface area (Å²) in [4.78, 5) is 8.06. The highest BCUT2D eigenvalue weighted by Gasteiger charge is 2.14. The van der Waals surface area contributed by atoms with Crippen molar-refractivity contribution in [3.63, 3.8) is 0 Å². The number of H-pyrrole nitrogens is 1. The minimum Gasteiger partial charge on any atom is -0.486 e. The van der Waals surface area contributed by atoms with Crippen molar-refractivity contribution in [1.29, 1.82) is 0 Å². The molecule has 0 amide bonds. The highest BCUT2D eigenvalue weighted by atomic mass is 16.6. The molecule has 0 atom stereocenters. The van der Waals surface area contributed by atoms with Crippen LogP contribution < -0.4 is 9.47 Å². The predicted octanol–water partition coefficient (Wildman–Crippen LogP) is 3.62. The van der Waals surface area contributed by atoms with Crippen LogP contribution in [0.2, 0.25) is 0 Å². The molecule has 0 unspecified atom stereocenters. The van der Waals surface area contributed by atoms with Crippen LogP contribution in [0.5, 0.6) is 11.5 Å². The van der Waals surface area contributed by atoms with Gasteiger partial charge in [0.25, 0.3) is 0 Å². The number of imidazole rings is 1. The second-order valence-electron chi connectivity index (χ2n) is 5.40. The lowest BCUT2D eigenvalue weighted by atomic mass is 10.1. The summed E-state index contributed by atoms with van der Waals surface area (Å²) in [6.45, 7) is 5.41. The number of hydrogen-bond donors (Lipinski definition) is 1. The van der Waals surface area contributed by atoms with Gasteiger partial charge in [-0.25, -0.2) is 4.98 Å². The van der Waals surface area contributed by atoms with E-state index in [2.05, 4.69) is 35.9 Å². The van der Waals surface area contributed by atoms with Gasteiger partial charge in [0.1, 0.15) is 19.0 Å². The Morgan fingerprint density at radius 2 is 1.71 bits per heavy atom. The van der Waals surface area contributed by atoms with Crippen molar-refractivity contribution in [2.24, 2.45) is 0 Å². The van der Waals surface area contributed by atoms with Crippen molar-refractivity contribution in [3.8, 4) is 22.9 Å². The Hall–Kier alpha value is -2.49. The van der Waals surface area contributed by atoms with Crippen LogP contribution in [-0.2, 0) is 0 Å². The van der Waals surface area contributed by atoms with E-state index in [9.17, 15) is 0 Å². The fraction of sp³-hybridized carbons (Fsp3) is 0.235. The molecule has 1 aliphatic rings. The first kappa shape index (κ1) is 12.3. The first-order valence-electron chi connectivity index (χ1n) is 7.08. The van der Waals surface area contributed by atoms with Crippen molar-refractivity contribution >= 4 is 11.0 Å². The minimum atomic E-state index is 0.592. The van der Waals surface area contributed by atoms with E-state index in [4.69, 9.17) is 9.47 Å². The van der Waals surface area contributed by atoms with Gasteiger partial charge in [-0.15, -0.1) is 0 Å². The topological polar surface area (TPSA) is 47.1 Å². The molecule has 1 N–H and O–H groups in total. The number of rotatable bonds is 1. The van der Waals surface area contributed by atoms with Gasteiger partial charge in [-0.2, -0.15) is 0 Å². The van der Waals surface area contributed by atoms with Gasteiger partial charge < -0.3 is 14.5 Å². The number of hydrogen-bond acceptors (Lipinski definition) is 3. The lowest BCUT2D eigenvalue weighted by Crippen LogP contribution is -2.15. The molecular weight excluding hydrogens is 264 g/mol. The van der Waals surface area contributed by atoms with E-state index in [0.29, 0.717) is 13.2 Å². The van der Waals surface area contributed by atoms with Gasteiger partial charge in [-0.3, -0.25) is 0 Å². The number of aromatic nitrogens is 2. The van der Waals surface area contributed by atoms with Gasteiger partial charge in [0.15, 0.2) is 11.5 Å². The second kappa shape index (κ2) is 4.52. The summed E-state index contributed by atoms with van der Waals surface area (Å²) in [5.41, 5.74) is 5.57. The molecule has 0 spiro atoms. The van der Waals surface area contributed by atoms with Crippen LogP contribution in [0, 0.1) is 13.8 Å². The highest BCUT2D eigenvalue weighted by molar-refractivity contribution is 5.81. The van der Waals surface area contributed by atoms with Crippen LogP contribution in [-0.4, -0.2) is 23.2 Å². The molecule has 4 nitrogen and oxygen atoms in total. The molecule has 2 heterocycles. The molecule has 2 aromatic carbocycles. The largest absolute Gasteiger partial charge is 0.486 e. The van der Waals surface area contributed by atoms with Gasteiger partial charge in [0.2, 0.25) is 0 Å². The summed E-state index contributed by atoms with van der Waals surface area (Å²) in [7, 11) is 0. The number of benzene rings is 2. The SMILES string of the molecule is Cc1cc2nc(-c3ccc4c(c3)OCCO4)[nH]c2cc1C. The van der Waals surface area contributed by atoms with Crippen LogP contribution in [0.1, 0.15) is 11.1 Å². The van der Waals surface area contributed by atoms with E-state index >= 15 is 0 Å². The van der Waals surface area contributed by atoms with Crippen LogP contribution >= 0.6 is 0 Å². The smallest absolute Gasteiger partial charge is 0.162 e. The molecule has 1 aliphatic heterocycles. The molecule has 4 rings (SSSR count). The molecule has 0 radical (unpaired) electrons. The number of nitrogens with zero attached hydrogens (tertiary/aromatic N) is 1. The van der Waals surface area contributed by atoms with E-state index in [1.165, 1.54) is 11.1 Å². The average molecular weight is 280 g/mol. The maximum atomic E-state index is 5.63. The molecule has 0 saturated carbocycles. The first-order valence-corrected chi connectivity index (χ1v) is 7.08. The summed E-state index contributed by atoms with van der Waals surface area (Å²) >= 11 is 0. The summed E-state index contributed by atoms with van der Waals surface area (Å²) in [6.07, 6.45) is 0. The third-order valence-corrected chi connectivity index (χ3v) is 3.91. The van der Waals surface area contributed by atoms with E-state index in [0.717, 1.165) is 33.9 Å². The summed E-state index contributed by atoms with van der Waals surface area (Å²) in [6, 6.07) is 10.2. The van der Waals surface area contributed by atoms with E-state index < -0.39 is 0 Å². The number of fused-ring (bicyclic) bond motifs is 2. The van der Waals surface area contributed by atoms with E-state index in [1.807, 2.05) is 18.2 Å². The maximum Gasteiger partial charge on any atom is 0.162 e. The number of aryl methyl sites for hydroxylation is 2. The maximum absolute atomic E-state index is 5.63. The molecule has 3 aromatic rings. The zero-order chi connectivity index (χ0) is 14.4. The average Bonchev–Trinajstić information content (AvgIpc) is 2.90. The zero-order valence-corrected chi connectivity index (χ0v) is 12.1. The van der Waals surface area contributed by atoms with Crippen LogP contribution in [0.3, 0.4) is 0 Å². The van der Waals surface area contributed by atoms with Crippen LogP contribution in [0.15, 0.2) is 30.3 Å². The Kier molecular flexibility index (Phi) is 2.64. The Balaban J connectivity index is 1.82. The van der Waals surface area contributed by atoms with Gasteiger partial charge in [0.05, 0.1) is 11.0 Å². The molecule has 4 heteroatoms. The molecule has 0 fully saturated rings. The molecule has 21 heavy (non-hydrogen) atoms. The third kappa shape index (κ3) is 2.03. The molecular formula is C17H16N2O2. The van der Waals surface area contributed by atoms with Crippen molar-refractivity contribution in [2.75, 3.05) is 13.2 Å². The molecule has 0 saturated heterocycles. The normalized spacial score (nSPS) is 13.6. The summed E-state index contributed by atoms with van der Waals surface area (Å²) in [5.74, 6) is 2.44. The highest BCUT2D eigenvalue weighted by Crippen LogP contribution is 2.34. The van der Waals surface area contributed by atoms with Gasteiger partial charge >= 0.3 is 0 Å². The van der Waals surface area contributed by atoms with Crippen LogP contribution in [0.4, 0.5) is 0 Å². The van der Waals surface area contributed by atoms with Gasteiger partial charge in [-0.1, -0.05) is 0 Å². The monoisotopic (exact) mass is 280 g/mol. The first-order chi connectivity index (χ1) is 10.2. The molecule has 1 aromatic heterocycles. The lowest BCUT2D eigenvalue weighted by molar-refractivity contribution is 0.171. The summed E-state index contributed by atoms with van der Waals surface area (Å²) in [5, 5.41) is 0. The van der Waals surface area contributed by atoms with Crippen molar-refractivity contribution in [2.45, 2.75) is 13.8 Å². The fourth-order valence-corrected chi connectivity index (χ4v) is 2.60. The van der Waals surface area contributed by atoms with Crippen molar-refractivity contribution < 1.29 is 9.47 Å². The second-order valence-corrected chi connectivity index (χ2v) is 5.40. The van der Waals surface area contributed by atoms with Gasteiger partial charge in [0, 0.05) is 5.56 Å². The number of ether oxygens (including phenoxy) is 2. The van der Waals surface area contributed by atoms with Crippen molar-refractivity contribution in [1.82, 2.24) is 9.97 Å². The zero-order valence-electron chi connectivity index (χ0n) is 12.1.